The number of carbonyl (C=O) groups excluding carboxylic acids is 1. The van der Waals surface area contributed by atoms with E-state index in [-0.39, 0.29) is 5.92 Å². The van der Waals surface area contributed by atoms with Gasteiger partial charge in [0.25, 0.3) is 0 Å². The zero-order valence-electron chi connectivity index (χ0n) is 15.5. The topological polar surface area (TPSA) is 62.5 Å². The van der Waals surface area contributed by atoms with E-state index in [1.54, 1.807) is 0 Å². The van der Waals surface area contributed by atoms with Crippen molar-refractivity contribution in [2.75, 3.05) is 26.2 Å². The molecule has 6 heteroatoms. The maximum Gasteiger partial charge on any atom is 0.230 e. The van der Waals surface area contributed by atoms with Crippen LogP contribution in [0.5, 0.6) is 0 Å². The van der Waals surface area contributed by atoms with Gasteiger partial charge in [0.2, 0.25) is 17.7 Å². The molecule has 3 heterocycles. The fraction of sp³-hybridized carbons (Fsp3) is 0.842. The fourth-order valence-electron chi connectivity index (χ4n) is 4.23. The summed E-state index contributed by atoms with van der Waals surface area (Å²) in [5, 5.41) is 8.31. The van der Waals surface area contributed by atoms with E-state index in [1.807, 2.05) is 0 Å². The monoisotopic (exact) mass is 346 g/mol. The Morgan fingerprint density at radius 3 is 2.60 bits per heavy atom. The quantitative estimate of drug-likeness (QED) is 0.820. The van der Waals surface area contributed by atoms with Crippen LogP contribution in [-0.4, -0.2) is 52.1 Å². The van der Waals surface area contributed by atoms with Gasteiger partial charge in [0.15, 0.2) is 0 Å². The van der Waals surface area contributed by atoms with Crippen LogP contribution >= 0.6 is 0 Å². The van der Waals surface area contributed by atoms with Crippen molar-refractivity contribution in [3.05, 3.63) is 11.8 Å². The Morgan fingerprint density at radius 2 is 1.96 bits per heavy atom. The first kappa shape index (κ1) is 17.0. The van der Waals surface area contributed by atoms with Crippen molar-refractivity contribution in [3.63, 3.8) is 0 Å². The second kappa shape index (κ2) is 6.71. The number of rotatable bonds is 5. The third-order valence-corrected chi connectivity index (χ3v) is 6.18. The minimum atomic E-state index is 0.281. The lowest BCUT2D eigenvalue weighted by Crippen LogP contribution is -2.51. The van der Waals surface area contributed by atoms with Gasteiger partial charge in [-0.15, -0.1) is 10.2 Å². The molecule has 2 saturated heterocycles. The van der Waals surface area contributed by atoms with E-state index in [0.717, 1.165) is 63.3 Å². The Kier molecular flexibility index (Phi) is 4.56. The number of nitrogens with zero attached hydrogens (tertiary/aromatic N) is 4. The summed E-state index contributed by atoms with van der Waals surface area (Å²) in [5.74, 6) is 2.90. The van der Waals surface area contributed by atoms with E-state index < -0.39 is 0 Å². The first-order valence-corrected chi connectivity index (χ1v) is 9.85. The Labute approximate surface area is 150 Å². The predicted octanol–water partition coefficient (Wildman–Crippen LogP) is 2.81. The maximum absolute atomic E-state index is 12.2. The molecule has 25 heavy (non-hydrogen) atoms. The van der Waals surface area contributed by atoms with E-state index in [2.05, 4.69) is 33.8 Å². The van der Waals surface area contributed by atoms with Crippen LogP contribution in [0, 0.1) is 11.3 Å². The first-order chi connectivity index (χ1) is 12.0. The molecule has 0 bridgehead atoms. The molecule has 0 N–H and O–H groups in total. The predicted molar refractivity (Wildman–Crippen MR) is 93.9 cm³/mol. The van der Waals surface area contributed by atoms with Crippen LogP contribution in [0.4, 0.5) is 0 Å². The van der Waals surface area contributed by atoms with Crippen molar-refractivity contribution in [1.82, 2.24) is 20.0 Å². The second-order valence-electron chi connectivity index (χ2n) is 8.68. The Balaban J connectivity index is 1.31. The highest BCUT2D eigenvalue weighted by Gasteiger charge is 2.42. The molecular weight excluding hydrogens is 316 g/mol. The van der Waals surface area contributed by atoms with Crippen LogP contribution in [0.25, 0.3) is 0 Å². The van der Waals surface area contributed by atoms with Gasteiger partial charge in [-0.2, -0.15) is 0 Å². The van der Waals surface area contributed by atoms with Crippen molar-refractivity contribution in [3.8, 4) is 0 Å². The highest BCUT2D eigenvalue weighted by molar-refractivity contribution is 5.77. The molecule has 0 unspecified atom stereocenters. The summed E-state index contributed by atoms with van der Waals surface area (Å²) in [6.45, 7) is 8.99. The fourth-order valence-corrected chi connectivity index (χ4v) is 4.23. The number of hydrogen-bond donors (Lipinski definition) is 0. The molecule has 1 aliphatic carbocycles. The lowest BCUT2D eigenvalue weighted by molar-refractivity contribution is -0.139. The number of hydrogen-bond acceptors (Lipinski definition) is 5. The molecule has 1 aromatic heterocycles. The number of likely N-dealkylation sites (tertiary alicyclic amines) is 2. The smallest absolute Gasteiger partial charge is 0.230 e. The van der Waals surface area contributed by atoms with Gasteiger partial charge in [-0.25, -0.2) is 0 Å². The molecule has 0 atom stereocenters. The molecule has 138 valence electrons. The van der Waals surface area contributed by atoms with Crippen LogP contribution in [-0.2, 0) is 11.3 Å². The Hall–Kier alpha value is -1.43. The number of aromatic nitrogens is 2. The first-order valence-electron chi connectivity index (χ1n) is 9.85. The van der Waals surface area contributed by atoms with E-state index in [4.69, 9.17) is 4.42 Å². The van der Waals surface area contributed by atoms with Crippen LogP contribution in [0.2, 0.25) is 0 Å². The highest BCUT2D eigenvalue weighted by atomic mass is 16.4. The summed E-state index contributed by atoms with van der Waals surface area (Å²) in [4.78, 5) is 16.8. The second-order valence-corrected chi connectivity index (χ2v) is 8.68. The maximum atomic E-state index is 12.2. The van der Waals surface area contributed by atoms with E-state index in [0.29, 0.717) is 11.3 Å². The average molecular weight is 346 g/mol. The molecule has 0 radical (unpaired) electrons. The molecule has 3 fully saturated rings. The van der Waals surface area contributed by atoms with Gasteiger partial charge >= 0.3 is 0 Å². The molecule has 3 aliphatic rings. The van der Waals surface area contributed by atoms with E-state index in [9.17, 15) is 4.79 Å². The van der Waals surface area contributed by atoms with Crippen LogP contribution in [0.15, 0.2) is 4.42 Å². The van der Waals surface area contributed by atoms with Crippen molar-refractivity contribution in [2.24, 2.45) is 11.3 Å². The summed E-state index contributed by atoms with van der Waals surface area (Å²) < 4.78 is 5.75. The summed E-state index contributed by atoms with van der Waals surface area (Å²) in [5.41, 5.74) is 0.344. The zero-order valence-corrected chi connectivity index (χ0v) is 15.5. The molecule has 1 amide bonds. The van der Waals surface area contributed by atoms with Gasteiger partial charge in [-0.1, -0.05) is 13.8 Å². The molecule has 1 saturated carbocycles. The zero-order chi connectivity index (χ0) is 17.4. The van der Waals surface area contributed by atoms with Gasteiger partial charge in [0.1, 0.15) is 0 Å². The van der Waals surface area contributed by atoms with Crippen molar-refractivity contribution >= 4 is 5.91 Å². The largest absolute Gasteiger partial charge is 0.424 e. The van der Waals surface area contributed by atoms with Crippen molar-refractivity contribution in [1.29, 1.82) is 0 Å². The van der Waals surface area contributed by atoms with Crippen molar-refractivity contribution in [2.45, 2.75) is 64.8 Å². The molecule has 0 aromatic carbocycles. The lowest BCUT2D eigenvalue weighted by atomic mass is 9.72. The SMILES string of the molecule is CC(C)c1nnc(CN2CCC3(CCC(=O)N(CC4CC4)C3)CC2)o1. The van der Waals surface area contributed by atoms with Crippen LogP contribution < -0.4 is 0 Å². The van der Waals surface area contributed by atoms with Gasteiger partial charge < -0.3 is 9.32 Å². The Bertz CT molecular complexity index is 615. The van der Waals surface area contributed by atoms with Crippen LogP contribution in [0.3, 0.4) is 0 Å². The van der Waals surface area contributed by atoms with Gasteiger partial charge in [-0.05, 0) is 56.5 Å². The molecule has 1 aromatic rings. The van der Waals surface area contributed by atoms with E-state index >= 15 is 0 Å². The van der Waals surface area contributed by atoms with Crippen LogP contribution in [0.1, 0.15) is 70.1 Å². The van der Waals surface area contributed by atoms with Crippen molar-refractivity contribution < 1.29 is 9.21 Å². The van der Waals surface area contributed by atoms with Gasteiger partial charge in [0, 0.05) is 25.4 Å². The third-order valence-electron chi connectivity index (χ3n) is 6.18. The molecular formula is C19H30N4O2. The standard InChI is InChI=1S/C19H30N4O2/c1-14(2)18-21-20-16(25-18)12-22-9-7-19(8-10-22)6-5-17(24)23(13-19)11-15-3-4-15/h14-15H,3-13H2,1-2H3. The average Bonchev–Trinajstić information content (AvgIpc) is 3.28. The minimum absolute atomic E-state index is 0.281. The van der Waals surface area contributed by atoms with E-state index in [1.165, 1.54) is 25.7 Å². The number of amides is 1. The molecule has 6 nitrogen and oxygen atoms in total. The Morgan fingerprint density at radius 1 is 1.20 bits per heavy atom. The molecule has 1 spiro atoms. The lowest BCUT2D eigenvalue weighted by Gasteiger charge is -2.47. The number of carbonyl (C=O) groups is 1. The summed E-state index contributed by atoms with van der Waals surface area (Å²) >= 11 is 0. The van der Waals surface area contributed by atoms with Gasteiger partial charge in [0.05, 0.1) is 6.54 Å². The normalized spacial score (nSPS) is 24.4. The number of piperidine rings is 2. The van der Waals surface area contributed by atoms with Gasteiger partial charge in [-0.3, -0.25) is 9.69 Å². The summed E-state index contributed by atoms with van der Waals surface area (Å²) in [6, 6.07) is 0. The third kappa shape index (κ3) is 3.89. The summed E-state index contributed by atoms with van der Waals surface area (Å²) in [7, 11) is 0. The highest BCUT2D eigenvalue weighted by Crippen LogP contribution is 2.42. The molecule has 4 rings (SSSR count). The summed E-state index contributed by atoms with van der Waals surface area (Å²) in [6.07, 6.45) is 6.78. The minimum Gasteiger partial charge on any atom is -0.424 e. The molecule has 2 aliphatic heterocycles.